The van der Waals surface area contributed by atoms with Gasteiger partial charge in [0.05, 0.1) is 0 Å². The van der Waals surface area contributed by atoms with Crippen LogP contribution in [0.5, 0.6) is 11.5 Å². The number of carbonyl (C=O) groups is 1. The molecule has 0 N–H and O–H groups in total. The molecule has 3 heteroatoms. The standard InChI is InChI=1S/C29H40O3/c1-21(2)11-8-12-22(3)13-9-14-23(4)15-10-17-29(7)18-16-26-20-27(31-25(6)30)19-24(5)28(26)32-29/h11,13,15-16,18-20H,8-10,12,14,17H2,1-7H3/b22-13+,23-15+. The molecule has 174 valence electrons. The van der Waals surface area contributed by atoms with E-state index in [-0.39, 0.29) is 11.6 Å². The largest absolute Gasteiger partial charge is 0.483 e. The molecule has 32 heavy (non-hydrogen) atoms. The Morgan fingerprint density at radius 2 is 1.59 bits per heavy atom. The summed E-state index contributed by atoms with van der Waals surface area (Å²) in [6.45, 7) is 14.3. The van der Waals surface area contributed by atoms with Crippen molar-refractivity contribution < 1.29 is 14.3 Å². The fraction of sp³-hybridized carbons (Fsp3) is 0.483. The highest BCUT2D eigenvalue weighted by atomic mass is 16.5. The third-order valence-electron chi connectivity index (χ3n) is 5.75. The van der Waals surface area contributed by atoms with Crippen molar-refractivity contribution in [2.75, 3.05) is 0 Å². The normalized spacial score (nSPS) is 18.1. The topological polar surface area (TPSA) is 35.5 Å². The Kier molecular flexibility index (Phi) is 9.56. The second-order valence-corrected chi connectivity index (χ2v) is 9.50. The monoisotopic (exact) mass is 436 g/mol. The number of fused-ring (bicyclic) bond motifs is 1. The first-order valence-corrected chi connectivity index (χ1v) is 11.7. The third kappa shape index (κ3) is 8.53. The molecule has 0 radical (unpaired) electrons. The van der Waals surface area contributed by atoms with Gasteiger partial charge < -0.3 is 9.47 Å². The van der Waals surface area contributed by atoms with Crippen LogP contribution in [-0.4, -0.2) is 11.6 Å². The number of rotatable bonds is 10. The van der Waals surface area contributed by atoms with Gasteiger partial charge in [0.15, 0.2) is 0 Å². The molecular weight excluding hydrogens is 396 g/mol. The number of hydrogen-bond donors (Lipinski definition) is 0. The van der Waals surface area contributed by atoms with E-state index in [9.17, 15) is 4.79 Å². The van der Waals surface area contributed by atoms with Gasteiger partial charge in [0.2, 0.25) is 0 Å². The van der Waals surface area contributed by atoms with Crippen LogP contribution >= 0.6 is 0 Å². The minimum atomic E-state index is -0.334. The lowest BCUT2D eigenvalue weighted by Gasteiger charge is -2.32. The van der Waals surface area contributed by atoms with Crippen LogP contribution in [0.2, 0.25) is 0 Å². The summed E-state index contributed by atoms with van der Waals surface area (Å²) < 4.78 is 11.6. The van der Waals surface area contributed by atoms with Crippen molar-refractivity contribution in [1.29, 1.82) is 0 Å². The van der Waals surface area contributed by atoms with Gasteiger partial charge in [0.1, 0.15) is 17.1 Å². The molecule has 0 spiro atoms. The smallest absolute Gasteiger partial charge is 0.308 e. The Hall–Kier alpha value is -2.55. The van der Waals surface area contributed by atoms with Crippen molar-refractivity contribution in [2.24, 2.45) is 0 Å². The maximum Gasteiger partial charge on any atom is 0.308 e. The average molecular weight is 437 g/mol. The molecule has 1 atom stereocenters. The summed E-state index contributed by atoms with van der Waals surface area (Å²) in [5.41, 5.74) is 5.91. The average Bonchev–Trinajstić information content (AvgIpc) is 2.68. The molecule has 1 aliphatic rings. The lowest BCUT2D eigenvalue weighted by Crippen LogP contribution is -2.32. The number of ether oxygens (including phenoxy) is 2. The van der Waals surface area contributed by atoms with E-state index in [1.165, 1.54) is 23.6 Å². The van der Waals surface area contributed by atoms with E-state index in [4.69, 9.17) is 9.47 Å². The minimum Gasteiger partial charge on any atom is -0.483 e. The van der Waals surface area contributed by atoms with Crippen LogP contribution in [0.25, 0.3) is 6.08 Å². The number of carbonyl (C=O) groups excluding carboxylic acids is 1. The Morgan fingerprint density at radius 1 is 0.969 bits per heavy atom. The summed E-state index contributed by atoms with van der Waals surface area (Å²) in [7, 11) is 0. The van der Waals surface area contributed by atoms with E-state index in [1.54, 1.807) is 0 Å². The quantitative estimate of drug-likeness (QED) is 0.210. The van der Waals surface area contributed by atoms with E-state index in [2.05, 4.69) is 65.0 Å². The van der Waals surface area contributed by atoms with Crippen LogP contribution in [-0.2, 0) is 4.79 Å². The van der Waals surface area contributed by atoms with Crippen LogP contribution in [0.3, 0.4) is 0 Å². The van der Waals surface area contributed by atoms with Crippen LogP contribution < -0.4 is 9.47 Å². The van der Waals surface area contributed by atoms with Gasteiger partial charge in [-0.15, -0.1) is 0 Å². The zero-order valence-electron chi connectivity index (χ0n) is 21.0. The van der Waals surface area contributed by atoms with Crippen LogP contribution in [0, 0.1) is 6.92 Å². The third-order valence-corrected chi connectivity index (χ3v) is 5.75. The van der Waals surface area contributed by atoms with Crippen molar-refractivity contribution in [1.82, 2.24) is 0 Å². The second kappa shape index (κ2) is 11.9. The van der Waals surface area contributed by atoms with Crippen LogP contribution in [0.4, 0.5) is 0 Å². The molecule has 2 rings (SSSR count). The highest BCUT2D eigenvalue weighted by Gasteiger charge is 2.28. The first kappa shape index (κ1) is 25.7. The minimum absolute atomic E-state index is 0.313. The maximum absolute atomic E-state index is 11.2. The first-order chi connectivity index (χ1) is 15.1. The molecule has 1 aromatic carbocycles. The zero-order valence-corrected chi connectivity index (χ0v) is 21.0. The van der Waals surface area contributed by atoms with E-state index in [1.807, 2.05) is 19.1 Å². The molecule has 3 nitrogen and oxygen atoms in total. The Labute approximate surface area is 194 Å². The van der Waals surface area contributed by atoms with Gasteiger partial charge in [-0.1, -0.05) is 41.0 Å². The molecule has 0 fully saturated rings. The van der Waals surface area contributed by atoms with Gasteiger partial charge in [0.25, 0.3) is 0 Å². The highest BCUT2D eigenvalue weighted by Crippen LogP contribution is 2.38. The second-order valence-electron chi connectivity index (χ2n) is 9.50. The van der Waals surface area contributed by atoms with E-state index >= 15 is 0 Å². The SMILES string of the molecule is CC(=O)Oc1cc(C)c2c(c1)C=CC(C)(CC/C=C(\C)CC/C=C(\C)CCC=C(C)C)O2. The van der Waals surface area contributed by atoms with E-state index in [0.717, 1.165) is 55.4 Å². The molecule has 1 aromatic rings. The number of benzene rings is 1. The zero-order chi connectivity index (χ0) is 23.7. The molecule has 0 aromatic heterocycles. The van der Waals surface area contributed by atoms with Crippen molar-refractivity contribution in [2.45, 2.75) is 92.6 Å². The lowest BCUT2D eigenvalue weighted by molar-refractivity contribution is -0.131. The predicted octanol–water partition coefficient (Wildman–Crippen LogP) is 8.28. The first-order valence-electron chi connectivity index (χ1n) is 11.7. The Morgan fingerprint density at radius 3 is 2.22 bits per heavy atom. The fourth-order valence-electron chi connectivity index (χ4n) is 3.87. The van der Waals surface area contributed by atoms with Crippen molar-refractivity contribution >= 4 is 12.0 Å². The number of hydrogen-bond acceptors (Lipinski definition) is 3. The molecular formula is C29H40O3. The molecule has 0 amide bonds. The highest BCUT2D eigenvalue weighted by molar-refractivity contribution is 5.71. The summed E-state index contributed by atoms with van der Waals surface area (Å²) in [6.07, 6.45) is 17.6. The van der Waals surface area contributed by atoms with Crippen LogP contribution in [0.15, 0.2) is 53.2 Å². The maximum atomic E-state index is 11.2. The van der Waals surface area contributed by atoms with Crippen molar-refractivity contribution in [3.63, 3.8) is 0 Å². The Bertz CT molecular complexity index is 926. The van der Waals surface area contributed by atoms with E-state index < -0.39 is 0 Å². The van der Waals surface area contributed by atoms with Crippen LogP contribution in [0.1, 0.15) is 91.2 Å². The van der Waals surface area contributed by atoms with Gasteiger partial charge in [-0.25, -0.2) is 0 Å². The molecule has 0 saturated heterocycles. The van der Waals surface area contributed by atoms with E-state index in [0.29, 0.717) is 5.75 Å². The molecule has 1 aliphatic heterocycles. The van der Waals surface area contributed by atoms with Gasteiger partial charge in [-0.2, -0.15) is 0 Å². The fourth-order valence-corrected chi connectivity index (χ4v) is 3.87. The predicted molar refractivity (Wildman–Crippen MR) is 135 cm³/mol. The van der Waals surface area contributed by atoms with Gasteiger partial charge in [0, 0.05) is 12.5 Å². The summed E-state index contributed by atoms with van der Waals surface area (Å²) in [6, 6.07) is 3.72. The summed E-state index contributed by atoms with van der Waals surface area (Å²) in [5.74, 6) is 1.12. The summed E-state index contributed by atoms with van der Waals surface area (Å²) >= 11 is 0. The Balaban J connectivity index is 1.86. The molecule has 1 unspecified atom stereocenters. The lowest BCUT2D eigenvalue weighted by atomic mass is 9.93. The number of esters is 1. The summed E-state index contributed by atoms with van der Waals surface area (Å²) in [4.78, 5) is 11.2. The van der Waals surface area contributed by atoms with Gasteiger partial charge in [-0.05, 0) is 104 Å². The molecule has 0 aliphatic carbocycles. The number of allylic oxidation sites excluding steroid dienone is 6. The molecule has 0 saturated carbocycles. The van der Waals surface area contributed by atoms with Crippen molar-refractivity contribution in [3.05, 3.63) is 64.3 Å². The molecule has 0 bridgehead atoms. The summed E-state index contributed by atoms with van der Waals surface area (Å²) in [5, 5.41) is 0. The van der Waals surface area contributed by atoms with Gasteiger partial charge >= 0.3 is 5.97 Å². The van der Waals surface area contributed by atoms with Gasteiger partial charge in [-0.3, -0.25) is 4.79 Å². The molecule has 1 heterocycles. The van der Waals surface area contributed by atoms with Crippen molar-refractivity contribution in [3.8, 4) is 11.5 Å². The number of aryl methyl sites for hydroxylation is 1.